The quantitative estimate of drug-likeness (QED) is 0.516. The molecule has 1 heterocycles. The molecule has 13 heteroatoms. The molecule has 0 unspecified atom stereocenters. The van der Waals surface area contributed by atoms with Crippen molar-refractivity contribution < 1.29 is 18.9 Å². The van der Waals surface area contributed by atoms with Crippen LogP contribution < -0.4 is 21.0 Å². The van der Waals surface area contributed by atoms with Crippen LogP contribution in [-0.2, 0) is 9.45 Å². The minimum Gasteiger partial charge on any atom is -0.567 e. The molecule has 0 fully saturated rings. The van der Waals surface area contributed by atoms with Gasteiger partial charge in [0.05, 0.1) is 5.34 Å². The second-order valence-electron chi connectivity index (χ2n) is 7.11. The number of carbonyl (C=O) groups excluding carboxylic acids is 2. The van der Waals surface area contributed by atoms with Crippen LogP contribution in [0.3, 0.4) is 0 Å². The van der Waals surface area contributed by atoms with Gasteiger partial charge in [0, 0.05) is 10.6 Å². The maximum Gasteiger partial charge on any atom is 0.326 e. The number of aromatic nitrogens is 1. The third-order valence-electron chi connectivity index (χ3n) is 4.58. The number of carbonyl (C=O) groups is 2. The van der Waals surface area contributed by atoms with Gasteiger partial charge < -0.3 is 14.6 Å². The number of halogens is 1. The topological polar surface area (TPSA) is 77.5 Å². The van der Waals surface area contributed by atoms with Gasteiger partial charge in [0.2, 0.25) is 0 Å². The zero-order valence-corrected chi connectivity index (χ0v) is 17.9. The average molecular weight is 392 g/mol. The minimum atomic E-state index is -1.21. The van der Waals surface area contributed by atoms with Crippen LogP contribution in [0.4, 0.5) is 0 Å². The van der Waals surface area contributed by atoms with Crippen molar-refractivity contribution in [1.82, 2.24) is 10.3 Å². The molecule has 0 aliphatic heterocycles. The van der Waals surface area contributed by atoms with E-state index in [1.807, 2.05) is 40.8 Å². The molecule has 0 radical (unpaired) electrons. The molecular weight excluding hydrogens is 373 g/mol. The lowest BCUT2D eigenvalue weighted by Crippen LogP contribution is -2.56. The van der Waals surface area contributed by atoms with E-state index in [2.05, 4.69) is 10.3 Å². The zero-order chi connectivity index (χ0) is 21.2. The maximum absolute atomic E-state index is 12.9. The van der Waals surface area contributed by atoms with Crippen molar-refractivity contribution in [3.8, 4) is 16.9 Å². The number of amides is 1. The molecule has 0 atom stereocenters. The fourth-order valence-electron chi connectivity index (χ4n) is 3.15. The Hall–Kier alpha value is -2.21. The molecule has 6 nitrogen and oxygen atoms in total. The van der Waals surface area contributed by atoms with Crippen LogP contribution in [0, 0.1) is 6.92 Å². The number of aryl methyl sites for hydroxylation is 1. The first-order valence-electron chi connectivity index (χ1n) is 8.76. The van der Waals surface area contributed by atoms with E-state index in [1.165, 1.54) is 16.1 Å². The van der Waals surface area contributed by atoms with Gasteiger partial charge in [-0.25, -0.2) is 0 Å². The Morgan fingerprint density at radius 2 is 1.86 bits per heavy atom. The minimum absolute atomic E-state index is 0.109. The Balaban J connectivity index is 2.60. The Labute approximate surface area is 175 Å². The molecule has 138 valence electrons. The third-order valence-corrected chi connectivity index (χ3v) is 4.82. The molecule has 1 aromatic heterocycles. The van der Waals surface area contributed by atoms with Gasteiger partial charge >= 0.3 is 16.1 Å². The first-order valence-corrected chi connectivity index (χ1v) is 9.14. The normalized spacial score (nSPS) is 10.9. The van der Waals surface area contributed by atoms with Crippen molar-refractivity contribution in [3.63, 3.8) is 0 Å². The summed E-state index contributed by atoms with van der Waals surface area (Å²) in [5.41, 5.74) is 4.35. The van der Waals surface area contributed by atoms with Crippen LogP contribution >= 0.6 is 11.6 Å². The Kier molecular flexibility index (Phi) is 6.65. The number of hydrogen-bond acceptors (Lipinski definition) is 5. The molecule has 2 aromatic rings. The molecule has 0 bridgehead atoms. The lowest BCUT2D eigenvalue weighted by Gasteiger charge is -2.25. The summed E-state index contributed by atoms with van der Waals surface area (Å²) in [4.78, 5) is 29.2. The van der Waals surface area contributed by atoms with E-state index in [4.69, 9.17) is 20.9 Å². The summed E-state index contributed by atoms with van der Waals surface area (Å²) in [6, 6.07) is 5.63. The van der Waals surface area contributed by atoms with Crippen molar-refractivity contribution in [2.75, 3.05) is 0 Å². The van der Waals surface area contributed by atoms with Crippen LogP contribution in [0.5, 0.6) is 5.75 Å². The van der Waals surface area contributed by atoms with Gasteiger partial charge in [-0.2, -0.15) is 0 Å². The smallest absolute Gasteiger partial charge is 0.326 e. The van der Waals surface area contributed by atoms with Crippen LogP contribution in [0.15, 0.2) is 18.2 Å². The summed E-state index contributed by atoms with van der Waals surface area (Å²) in [6.07, 6.45) is 0. The molecule has 2 rings (SSSR count). The van der Waals surface area contributed by atoms with Crippen LogP contribution in [-0.4, -0.2) is 69.7 Å². The molecule has 28 heavy (non-hydrogen) atoms. The fourth-order valence-corrected chi connectivity index (χ4v) is 3.32. The average Bonchev–Trinajstić information content (AvgIpc) is 2.62. The second-order valence-corrected chi connectivity index (χ2v) is 7.55. The molecule has 0 saturated carbocycles. The predicted molar refractivity (Wildman–Crippen MR) is 127 cm³/mol. The van der Waals surface area contributed by atoms with Crippen LogP contribution in [0.2, 0.25) is 5.02 Å². The largest absolute Gasteiger partial charge is 0.567 e. The van der Waals surface area contributed by atoms with Crippen LogP contribution in [0.1, 0.15) is 16.1 Å². The number of benzene rings is 1. The number of pyridine rings is 1. The molecule has 1 aromatic carbocycles. The van der Waals surface area contributed by atoms with Gasteiger partial charge in [-0.15, -0.1) is 0 Å². The summed E-state index contributed by atoms with van der Waals surface area (Å²) in [6.45, 7) is 1.98. The van der Waals surface area contributed by atoms with Gasteiger partial charge in [0.15, 0.2) is 13.5 Å². The molecule has 1 amide bonds. The van der Waals surface area contributed by atoms with E-state index in [1.54, 1.807) is 15.7 Å². The summed E-state index contributed by atoms with van der Waals surface area (Å²) >= 11 is 6.18. The predicted octanol–water partition coefficient (Wildman–Crippen LogP) is -5.10. The number of nitrogens with one attached hydrogen (secondary N) is 1. The molecule has 1 N–H and O–H groups in total. The summed E-state index contributed by atoms with van der Waals surface area (Å²) < 4.78 is 10.3. The molecule has 0 aliphatic carbocycles. The van der Waals surface area contributed by atoms with E-state index in [9.17, 15) is 9.59 Å². The summed E-state index contributed by atoms with van der Waals surface area (Å²) in [5, 5.41) is 2.06. The van der Waals surface area contributed by atoms with E-state index in [-0.39, 0.29) is 5.69 Å². The second kappa shape index (κ2) is 8.43. The highest BCUT2D eigenvalue weighted by Gasteiger charge is 2.32. The lowest BCUT2D eigenvalue weighted by atomic mass is 9.61. The van der Waals surface area contributed by atoms with E-state index in [0.29, 0.717) is 16.4 Å². The summed E-state index contributed by atoms with van der Waals surface area (Å²) in [7, 11) is 9.57. The highest BCUT2D eigenvalue weighted by molar-refractivity contribution is 6.52. The van der Waals surface area contributed by atoms with Crippen molar-refractivity contribution in [2.24, 2.45) is 0 Å². The Morgan fingerprint density at radius 3 is 2.43 bits per heavy atom. The zero-order valence-electron chi connectivity index (χ0n) is 17.2. The first kappa shape index (κ1) is 22.1. The van der Waals surface area contributed by atoms with Gasteiger partial charge in [-0.3, -0.25) is 14.6 Å². The highest BCUT2D eigenvalue weighted by Crippen LogP contribution is 2.26. The van der Waals surface area contributed by atoms with E-state index in [0.717, 1.165) is 22.2 Å². The van der Waals surface area contributed by atoms with Gasteiger partial charge in [0.1, 0.15) is 29.3 Å². The van der Waals surface area contributed by atoms with Crippen molar-refractivity contribution in [3.05, 3.63) is 34.5 Å². The van der Waals surface area contributed by atoms with Gasteiger partial charge in [0.25, 0.3) is 11.9 Å². The van der Waals surface area contributed by atoms with E-state index >= 15 is 0 Å². The molecule has 0 spiro atoms. The van der Waals surface area contributed by atoms with Crippen molar-refractivity contribution in [2.45, 2.75) is 12.3 Å². The number of rotatable bonds is 5. The number of nitrogens with zero attached hydrogens (tertiary/aromatic N) is 1. The van der Waals surface area contributed by atoms with Crippen molar-refractivity contribution >= 4 is 82.0 Å². The van der Waals surface area contributed by atoms with Crippen LogP contribution in [0.25, 0.3) is 11.1 Å². The SMILES string of the molecule is BOC(=O)C(B)(B)NC(=O)c1nc(B)c(-c2cc(Cl)ccc2C)c(B)c1OB. The highest BCUT2D eigenvalue weighted by atomic mass is 35.5. The number of hydrogen-bond donors (Lipinski definition) is 1. The van der Waals surface area contributed by atoms with E-state index < -0.39 is 17.2 Å². The van der Waals surface area contributed by atoms with Gasteiger partial charge in [-0.05, 0) is 41.2 Å². The Morgan fingerprint density at radius 1 is 1.21 bits per heavy atom. The third kappa shape index (κ3) is 4.27. The van der Waals surface area contributed by atoms with Gasteiger partial charge in [-0.1, -0.05) is 17.7 Å². The standard InChI is InChI=1S/C15H19B6ClN2O4/c1-5-2-3-6(22)4-7(5)8-9(16)11(27-20)10(23-12(8)17)13(25)24-15(18,19)14(26)28-21/h2-4H,16-21H2,1H3,(H,24,25). The molecule has 0 aliphatic rings. The lowest BCUT2D eigenvalue weighted by molar-refractivity contribution is -0.135. The van der Waals surface area contributed by atoms with Crippen molar-refractivity contribution in [1.29, 1.82) is 0 Å². The fraction of sp³-hybridized carbons (Fsp3) is 0.133. The Bertz CT molecular complexity index is 957. The molecular formula is C15H19B6ClN2O4. The molecule has 0 saturated heterocycles. The summed E-state index contributed by atoms with van der Waals surface area (Å²) in [5.74, 6) is -0.731. The monoisotopic (exact) mass is 392 g/mol. The first-order chi connectivity index (χ1) is 13.0. The maximum atomic E-state index is 12.9.